The van der Waals surface area contributed by atoms with Crippen molar-refractivity contribution in [2.24, 2.45) is 0 Å². The van der Waals surface area contributed by atoms with Gasteiger partial charge in [-0.15, -0.1) is 0 Å². The van der Waals surface area contributed by atoms with E-state index in [2.05, 4.69) is 78.4 Å². The molecule has 1 heteroatoms. The van der Waals surface area contributed by atoms with Gasteiger partial charge < -0.3 is 0 Å². The molecule has 1 nitrogen and oxygen atoms in total. The molecular weight excluding hydrogens is 266 g/mol. The van der Waals surface area contributed by atoms with E-state index in [1.54, 1.807) is 0 Å². The van der Waals surface area contributed by atoms with Gasteiger partial charge in [0.2, 0.25) is 5.69 Å². The molecule has 1 aliphatic heterocycles. The van der Waals surface area contributed by atoms with E-state index in [0.29, 0.717) is 0 Å². The molecule has 2 heterocycles. The molecule has 0 aliphatic carbocycles. The molecule has 2 aromatic carbocycles. The van der Waals surface area contributed by atoms with Gasteiger partial charge in [0.05, 0.1) is 5.56 Å². The molecule has 0 fully saturated rings. The summed E-state index contributed by atoms with van der Waals surface area (Å²) in [6.07, 6.45) is 2.29. The maximum absolute atomic E-state index is 2.36. The lowest BCUT2D eigenvalue weighted by molar-refractivity contribution is -0.671. The molecule has 0 spiro atoms. The Morgan fingerprint density at radius 2 is 1.50 bits per heavy atom. The molecule has 0 amide bonds. The van der Waals surface area contributed by atoms with Crippen LogP contribution in [0.25, 0.3) is 22.4 Å². The fraction of sp³-hybridized carbons (Fsp3) is 0.190. The Labute approximate surface area is 132 Å². The van der Waals surface area contributed by atoms with Crippen LogP contribution < -0.4 is 4.57 Å². The number of hydrogen-bond donors (Lipinski definition) is 0. The lowest BCUT2D eigenvalue weighted by Crippen LogP contribution is -2.32. The maximum atomic E-state index is 2.36. The minimum Gasteiger partial charge on any atom is -0.193 e. The molecule has 4 rings (SSSR count). The molecular formula is C21H22N+. The Hall–Kier alpha value is -2.41. The Bertz CT molecular complexity index is 788. The smallest absolute Gasteiger partial charge is 0.193 e. The van der Waals surface area contributed by atoms with E-state index in [9.17, 15) is 0 Å². The predicted octanol–water partition coefficient (Wildman–Crippen LogP) is 5.00. The minimum atomic E-state index is 0.978. The highest BCUT2D eigenvalue weighted by atomic mass is 15.0. The summed E-state index contributed by atoms with van der Waals surface area (Å²) in [5, 5.41) is 0. The molecule has 22 heavy (non-hydrogen) atoms. The topological polar surface area (TPSA) is 3.88 Å². The monoisotopic (exact) mass is 288 g/mol. The first-order valence-electron chi connectivity index (χ1n) is 8.01. The van der Waals surface area contributed by atoms with E-state index in [1.807, 2.05) is 13.8 Å². The standard InChI is InChI=1S/C19H16N.C2H6/c1-14-11-19-17-10-6-5-9-16(17)12-20(19)13-18(14)15-7-3-2-4-8-15;1-2/h2-11,13H,12H2,1H3;1-2H3/q+1;. The van der Waals surface area contributed by atoms with Crippen molar-refractivity contribution in [2.75, 3.05) is 0 Å². The molecule has 3 aromatic rings. The number of aromatic nitrogens is 1. The Balaban J connectivity index is 0.000000693. The minimum absolute atomic E-state index is 0.978. The van der Waals surface area contributed by atoms with Crippen LogP contribution in [0.2, 0.25) is 0 Å². The zero-order valence-electron chi connectivity index (χ0n) is 13.5. The molecule has 1 aliphatic rings. The highest BCUT2D eigenvalue weighted by molar-refractivity contribution is 5.70. The van der Waals surface area contributed by atoms with Crippen molar-refractivity contribution in [1.29, 1.82) is 0 Å². The van der Waals surface area contributed by atoms with Crippen molar-refractivity contribution >= 4 is 0 Å². The fourth-order valence-electron chi connectivity index (χ4n) is 3.07. The fourth-order valence-corrected chi connectivity index (χ4v) is 3.07. The SMILES string of the molecule is CC.Cc1cc2[n+](cc1-c1ccccc1)Cc1ccccc1-2. The van der Waals surface area contributed by atoms with Crippen LogP contribution in [-0.2, 0) is 6.54 Å². The summed E-state index contributed by atoms with van der Waals surface area (Å²) in [5.41, 5.74) is 8.06. The normalized spacial score (nSPS) is 11.2. The Kier molecular flexibility index (Phi) is 4.06. The Morgan fingerprint density at radius 1 is 0.818 bits per heavy atom. The van der Waals surface area contributed by atoms with E-state index in [1.165, 1.54) is 33.5 Å². The zero-order chi connectivity index (χ0) is 15.5. The molecule has 0 saturated heterocycles. The van der Waals surface area contributed by atoms with Crippen molar-refractivity contribution in [3.8, 4) is 22.4 Å². The number of aryl methyl sites for hydroxylation is 1. The van der Waals surface area contributed by atoms with Crippen molar-refractivity contribution in [2.45, 2.75) is 27.3 Å². The third-order valence-electron chi connectivity index (χ3n) is 4.09. The first-order valence-corrected chi connectivity index (χ1v) is 8.01. The molecule has 0 bridgehead atoms. The van der Waals surface area contributed by atoms with Crippen molar-refractivity contribution < 1.29 is 4.57 Å². The van der Waals surface area contributed by atoms with Crippen LogP contribution in [0, 0.1) is 6.92 Å². The second kappa shape index (κ2) is 6.15. The van der Waals surface area contributed by atoms with Gasteiger partial charge in [0.25, 0.3) is 0 Å². The quantitative estimate of drug-likeness (QED) is 0.434. The molecule has 1 aromatic heterocycles. The van der Waals surface area contributed by atoms with Crippen LogP contribution in [0.4, 0.5) is 0 Å². The highest BCUT2D eigenvalue weighted by Crippen LogP contribution is 2.30. The average Bonchev–Trinajstić information content (AvgIpc) is 2.94. The first-order chi connectivity index (χ1) is 10.8. The van der Waals surface area contributed by atoms with E-state index in [4.69, 9.17) is 0 Å². The van der Waals surface area contributed by atoms with Gasteiger partial charge >= 0.3 is 0 Å². The molecule has 0 unspecified atom stereocenters. The van der Waals surface area contributed by atoms with Crippen molar-refractivity contribution in [3.63, 3.8) is 0 Å². The largest absolute Gasteiger partial charge is 0.213 e. The van der Waals surface area contributed by atoms with Gasteiger partial charge in [-0.2, -0.15) is 4.57 Å². The highest BCUT2D eigenvalue weighted by Gasteiger charge is 2.26. The number of benzene rings is 2. The number of rotatable bonds is 1. The summed E-state index contributed by atoms with van der Waals surface area (Å²) in [6.45, 7) is 7.18. The summed E-state index contributed by atoms with van der Waals surface area (Å²) >= 11 is 0. The molecule has 0 N–H and O–H groups in total. The lowest BCUT2D eigenvalue weighted by atomic mass is 10.0. The average molecular weight is 288 g/mol. The first kappa shape index (κ1) is 14.5. The van der Waals surface area contributed by atoms with E-state index in [0.717, 1.165) is 6.54 Å². The van der Waals surface area contributed by atoms with E-state index >= 15 is 0 Å². The number of pyridine rings is 1. The van der Waals surface area contributed by atoms with Crippen LogP contribution in [0.1, 0.15) is 25.0 Å². The van der Waals surface area contributed by atoms with Gasteiger partial charge in [0.1, 0.15) is 0 Å². The molecule has 0 radical (unpaired) electrons. The summed E-state index contributed by atoms with van der Waals surface area (Å²) in [5.74, 6) is 0. The third-order valence-corrected chi connectivity index (χ3v) is 4.09. The van der Waals surface area contributed by atoms with Crippen molar-refractivity contribution in [1.82, 2.24) is 0 Å². The molecule has 0 saturated carbocycles. The van der Waals surface area contributed by atoms with Gasteiger partial charge in [-0.3, -0.25) is 0 Å². The van der Waals surface area contributed by atoms with E-state index in [-0.39, 0.29) is 0 Å². The van der Waals surface area contributed by atoms with Gasteiger partial charge in [0.15, 0.2) is 12.7 Å². The maximum Gasteiger partial charge on any atom is 0.213 e. The summed E-state index contributed by atoms with van der Waals surface area (Å²) < 4.78 is 2.36. The van der Waals surface area contributed by atoms with Crippen LogP contribution in [0.15, 0.2) is 66.9 Å². The van der Waals surface area contributed by atoms with Crippen LogP contribution >= 0.6 is 0 Å². The predicted molar refractivity (Wildman–Crippen MR) is 92.7 cm³/mol. The number of nitrogens with zero attached hydrogens (tertiary/aromatic N) is 1. The van der Waals surface area contributed by atoms with Gasteiger partial charge in [0, 0.05) is 17.2 Å². The summed E-state index contributed by atoms with van der Waals surface area (Å²) in [6, 6.07) is 21.6. The lowest BCUT2D eigenvalue weighted by Gasteiger charge is -2.05. The van der Waals surface area contributed by atoms with Gasteiger partial charge in [-0.05, 0) is 24.1 Å². The van der Waals surface area contributed by atoms with Gasteiger partial charge in [-0.1, -0.05) is 62.4 Å². The Morgan fingerprint density at radius 3 is 2.27 bits per heavy atom. The second-order valence-electron chi connectivity index (χ2n) is 5.41. The van der Waals surface area contributed by atoms with Gasteiger partial charge in [-0.25, -0.2) is 0 Å². The summed E-state index contributed by atoms with van der Waals surface area (Å²) in [4.78, 5) is 0. The van der Waals surface area contributed by atoms with Crippen LogP contribution in [0.3, 0.4) is 0 Å². The van der Waals surface area contributed by atoms with Crippen molar-refractivity contribution in [3.05, 3.63) is 78.0 Å². The third kappa shape index (κ3) is 2.43. The van der Waals surface area contributed by atoms with Crippen LogP contribution in [-0.4, -0.2) is 0 Å². The zero-order valence-corrected chi connectivity index (χ0v) is 13.5. The van der Waals surface area contributed by atoms with Crippen LogP contribution in [0.5, 0.6) is 0 Å². The summed E-state index contributed by atoms with van der Waals surface area (Å²) in [7, 11) is 0. The number of fused-ring (bicyclic) bond motifs is 3. The number of hydrogen-bond acceptors (Lipinski definition) is 0. The van der Waals surface area contributed by atoms with E-state index < -0.39 is 0 Å². The molecule has 0 atom stereocenters. The molecule has 110 valence electrons. The second-order valence-corrected chi connectivity index (χ2v) is 5.41.